The molecule has 0 radical (unpaired) electrons. The Bertz CT molecular complexity index is 823. The molecule has 0 bridgehead atoms. The zero-order valence-electron chi connectivity index (χ0n) is 12.6. The maximum Gasteiger partial charge on any atom is 0.251 e. The highest BCUT2D eigenvalue weighted by Crippen LogP contribution is 2.11. The summed E-state index contributed by atoms with van der Waals surface area (Å²) in [7, 11) is 1.85. The van der Waals surface area contributed by atoms with Crippen molar-refractivity contribution in [3.63, 3.8) is 0 Å². The first-order valence-corrected chi connectivity index (χ1v) is 7.92. The molecule has 0 atom stereocenters. The normalized spacial score (nSPS) is 10.7. The van der Waals surface area contributed by atoms with Gasteiger partial charge in [-0.05, 0) is 33.6 Å². The number of nitrogens with one attached hydrogen (secondary N) is 1. The maximum absolute atomic E-state index is 12.3. The highest BCUT2D eigenvalue weighted by atomic mass is 79.9. The molecule has 0 aliphatic rings. The van der Waals surface area contributed by atoms with Crippen molar-refractivity contribution in [2.24, 2.45) is 7.05 Å². The van der Waals surface area contributed by atoms with Crippen LogP contribution in [0.5, 0.6) is 0 Å². The minimum absolute atomic E-state index is 0.0997. The number of hydrogen-bond donors (Lipinski definition) is 1. The van der Waals surface area contributed by atoms with Gasteiger partial charge in [-0.3, -0.25) is 14.2 Å². The summed E-state index contributed by atoms with van der Waals surface area (Å²) in [5.41, 5.74) is 2.63. The van der Waals surface area contributed by atoms with Crippen molar-refractivity contribution in [2.75, 3.05) is 0 Å². The average molecular weight is 374 g/mol. The van der Waals surface area contributed by atoms with Crippen molar-refractivity contribution in [1.29, 1.82) is 0 Å². The van der Waals surface area contributed by atoms with Gasteiger partial charge < -0.3 is 5.32 Å². The zero-order chi connectivity index (χ0) is 16.2. The first-order valence-electron chi connectivity index (χ1n) is 7.13. The largest absolute Gasteiger partial charge is 0.348 e. The molecule has 0 aliphatic heterocycles. The van der Waals surface area contributed by atoms with E-state index in [4.69, 9.17) is 0 Å². The third kappa shape index (κ3) is 4.07. The number of aromatic nitrogens is 4. The van der Waals surface area contributed by atoms with E-state index in [0.29, 0.717) is 18.7 Å². The molecule has 2 heterocycles. The Labute approximate surface area is 142 Å². The van der Waals surface area contributed by atoms with Crippen LogP contribution in [0, 0.1) is 0 Å². The second-order valence-corrected chi connectivity index (χ2v) is 6.18. The summed E-state index contributed by atoms with van der Waals surface area (Å²) in [5.74, 6) is -0.0997. The summed E-state index contributed by atoms with van der Waals surface area (Å²) in [4.78, 5) is 12.3. The summed E-state index contributed by atoms with van der Waals surface area (Å²) >= 11 is 3.37. The van der Waals surface area contributed by atoms with Crippen molar-refractivity contribution in [1.82, 2.24) is 24.9 Å². The first-order chi connectivity index (χ1) is 11.1. The van der Waals surface area contributed by atoms with Crippen LogP contribution in [0.25, 0.3) is 0 Å². The van der Waals surface area contributed by atoms with Gasteiger partial charge >= 0.3 is 0 Å². The van der Waals surface area contributed by atoms with E-state index in [-0.39, 0.29) is 5.91 Å². The van der Waals surface area contributed by atoms with Crippen molar-refractivity contribution in [2.45, 2.75) is 13.1 Å². The number of carbonyl (C=O) groups excluding carboxylic acids is 1. The molecule has 0 saturated heterocycles. The molecule has 3 aromatic rings. The van der Waals surface area contributed by atoms with Gasteiger partial charge in [0.25, 0.3) is 5.91 Å². The number of carbonyl (C=O) groups is 1. The van der Waals surface area contributed by atoms with E-state index in [9.17, 15) is 4.79 Å². The van der Waals surface area contributed by atoms with Crippen LogP contribution >= 0.6 is 15.9 Å². The SMILES string of the molecule is Cn1cc(CNC(=O)c2cccc(Cn3cc(Br)cn3)c2)cn1. The molecule has 3 rings (SSSR count). The lowest BCUT2D eigenvalue weighted by atomic mass is 10.1. The molecule has 0 fully saturated rings. The number of nitrogens with zero attached hydrogens (tertiary/aromatic N) is 4. The minimum Gasteiger partial charge on any atom is -0.348 e. The summed E-state index contributed by atoms with van der Waals surface area (Å²) in [5, 5.41) is 11.2. The zero-order valence-corrected chi connectivity index (χ0v) is 14.2. The van der Waals surface area contributed by atoms with Crippen LogP contribution < -0.4 is 5.32 Å². The Balaban J connectivity index is 1.65. The van der Waals surface area contributed by atoms with Gasteiger partial charge in [-0.15, -0.1) is 0 Å². The van der Waals surface area contributed by atoms with Gasteiger partial charge in [0.15, 0.2) is 0 Å². The third-order valence-electron chi connectivity index (χ3n) is 3.35. The van der Waals surface area contributed by atoms with E-state index in [2.05, 4.69) is 31.4 Å². The highest BCUT2D eigenvalue weighted by molar-refractivity contribution is 9.10. The molecule has 1 amide bonds. The van der Waals surface area contributed by atoms with Crippen LogP contribution in [0.15, 0.2) is 53.5 Å². The number of benzene rings is 1. The number of rotatable bonds is 5. The fraction of sp³-hybridized carbons (Fsp3) is 0.188. The Hall–Kier alpha value is -2.41. The number of amides is 1. The van der Waals surface area contributed by atoms with Crippen LogP contribution in [0.2, 0.25) is 0 Å². The van der Waals surface area contributed by atoms with E-state index >= 15 is 0 Å². The molecule has 1 aromatic carbocycles. The molecule has 0 aliphatic carbocycles. The predicted molar refractivity (Wildman–Crippen MR) is 89.8 cm³/mol. The molecular weight excluding hydrogens is 358 g/mol. The van der Waals surface area contributed by atoms with E-state index < -0.39 is 0 Å². The lowest BCUT2D eigenvalue weighted by Crippen LogP contribution is -2.22. The van der Waals surface area contributed by atoms with Crippen LogP contribution in [0.3, 0.4) is 0 Å². The Morgan fingerprint density at radius 3 is 2.78 bits per heavy atom. The lowest BCUT2D eigenvalue weighted by molar-refractivity contribution is 0.0951. The molecule has 0 spiro atoms. The number of halogens is 1. The van der Waals surface area contributed by atoms with Crippen LogP contribution in [0.4, 0.5) is 0 Å². The molecule has 118 valence electrons. The molecule has 23 heavy (non-hydrogen) atoms. The molecular formula is C16H16BrN5O. The summed E-state index contributed by atoms with van der Waals surface area (Å²) in [6, 6.07) is 7.55. The second-order valence-electron chi connectivity index (χ2n) is 5.26. The first kappa shape index (κ1) is 15.5. The standard InChI is InChI=1S/C16H16BrN5O/c1-21-9-13(7-19-21)6-18-16(23)14-4-2-3-12(5-14)10-22-11-15(17)8-20-22/h2-5,7-9,11H,6,10H2,1H3,(H,18,23). The lowest BCUT2D eigenvalue weighted by Gasteiger charge is -2.06. The van der Waals surface area contributed by atoms with E-state index in [1.807, 2.05) is 42.3 Å². The predicted octanol–water partition coefficient (Wildman–Crippen LogP) is 2.36. The summed E-state index contributed by atoms with van der Waals surface area (Å²) in [6.07, 6.45) is 7.26. The Morgan fingerprint density at radius 2 is 2.09 bits per heavy atom. The van der Waals surface area contributed by atoms with Gasteiger partial charge in [0.1, 0.15) is 0 Å². The van der Waals surface area contributed by atoms with Gasteiger partial charge in [0, 0.05) is 37.1 Å². The second kappa shape index (κ2) is 6.78. The molecule has 1 N–H and O–H groups in total. The minimum atomic E-state index is -0.0997. The van der Waals surface area contributed by atoms with Crippen LogP contribution in [-0.2, 0) is 20.1 Å². The fourth-order valence-electron chi connectivity index (χ4n) is 2.27. The number of aryl methyl sites for hydroxylation is 1. The molecule has 2 aromatic heterocycles. The summed E-state index contributed by atoms with van der Waals surface area (Å²) < 4.78 is 4.46. The topological polar surface area (TPSA) is 64.7 Å². The van der Waals surface area contributed by atoms with Gasteiger partial charge in [-0.2, -0.15) is 10.2 Å². The molecule has 7 heteroatoms. The quantitative estimate of drug-likeness (QED) is 0.746. The van der Waals surface area contributed by atoms with Gasteiger partial charge in [0.05, 0.1) is 23.4 Å². The fourth-order valence-corrected chi connectivity index (χ4v) is 2.60. The smallest absolute Gasteiger partial charge is 0.251 e. The molecule has 6 nitrogen and oxygen atoms in total. The maximum atomic E-state index is 12.3. The van der Waals surface area contributed by atoms with Gasteiger partial charge in [-0.25, -0.2) is 0 Å². The van der Waals surface area contributed by atoms with Crippen molar-refractivity contribution >= 4 is 21.8 Å². The summed E-state index contributed by atoms with van der Waals surface area (Å²) in [6.45, 7) is 1.08. The monoisotopic (exact) mass is 373 g/mol. The molecule has 0 unspecified atom stereocenters. The van der Waals surface area contributed by atoms with Crippen molar-refractivity contribution in [3.05, 3.63) is 70.2 Å². The van der Waals surface area contributed by atoms with Gasteiger partial charge in [0.2, 0.25) is 0 Å². The van der Waals surface area contributed by atoms with E-state index in [0.717, 1.165) is 15.6 Å². The Morgan fingerprint density at radius 1 is 1.22 bits per heavy atom. The van der Waals surface area contributed by atoms with Crippen molar-refractivity contribution in [3.8, 4) is 0 Å². The highest BCUT2D eigenvalue weighted by Gasteiger charge is 2.07. The number of hydrogen-bond acceptors (Lipinski definition) is 3. The van der Waals surface area contributed by atoms with Crippen LogP contribution in [-0.4, -0.2) is 25.5 Å². The third-order valence-corrected chi connectivity index (χ3v) is 3.76. The van der Waals surface area contributed by atoms with Gasteiger partial charge in [-0.1, -0.05) is 12.1 Å². The van der Waals surface area contributed by atoms with Crippen LogP contribution in [0.1, 0.15) is 21.5 Å². The van der Waals surface area contributed by atoms with E-state index in [1.54, 1.807) is 23.1 Å². The van der Waals surface area contributed by atoms with E-state index in [1.165, 1.54) is 0 Å². The molecule has 0 saturated carbocycles. The van der Waals surface area contributed by atoms with Crippen molar-refractivity contribution < 1.29 is 4.79 Å². The average Bonchev–Trinajstić information content (AvgIpc) is 3.13. The Kier molecular flexibility index (Phi) is 4.57.